The molecule has 0 spiro atoms. The number of nitrogens with zero attached hydrogens (tertiary/aromatic N) is 4. The van der Waals surface area contributed by atoms with Crippen LogP contribution in [-0.4, -0.2) is 39.0 Å². The second-order valence-corrected chi connectivity index (χ2v) is 5.24. The number of aromatic nitrogens is 3. The Morgan fingerprint density at radius 1 is 1.52 bits per heavy atom. The van der Waals surface area contributed by atoms with E-state index in [1.54, 1.807) is 11.8 Å². The van der Waals surface area contributed by atoms with Crippen LogP contribution in [0.15, 0.2) is 15.3 Å². The third-order valence-corrected chi connectivity index (χ3v) is 3.78. The molecule has 7 nitrogen and oxygen atoms in total. The van der Waals surface area contributed by atoms with E-state index in [2.05, 4.69) is 15.1 Å². The highest BCUT2D eigenvalue weighted by Gasteiger charge is 2.30. The molecule has 0 unspecified atom stereocenters. The summed E-state index contributed by atoms with van der Waals surface area (Å²) in [5, 5.41) is 3.97. The van der Waals surface area contributed by atoms with E-state index in [1.807, 2.05) is 6.92 Å². The molecule has 1 fully saturated rings. The molecule has 1 atom stereocenters. The molecule has 1 saturated heterocycles. The van der Waals surface area contributed by atoms with Gasteiger partial charge in [-0.25, -0.2) is 4.98 Å². The van der Waals surface area contributed by atoms with E-state index in [4.69, 9.17) is 8.94 Å². The zero-order valence-corrected chi connectivity index (χ0v) is 12.2. The van der Waals surface area contributed by atoms with E-state index in [1.165, 1.54) is 6.39 Å². The molecule has 2 aromatic rings. The van der Waals surface area contributed by atoms with Crippen molar-refractivity contribution in [1.82, 2.24) is 20.0 Å². The molecule has 21 heavy (non-hydrogen) atoms. The van der Waals surface area contributed by atoms with Crippen LogP contribution in [-0.2, 0) is 6.42 Å². The number of carbonyl (C=O) groups excluding carboxylic acids is 1. The van der Waals surface area contributed by atoms with Gasteiger partial charge in [-0.2, -0.15) is 4.98 Å². The van der Waals surface area contributed by atoms with Crippen molar-refractivity contribution in [2.24, 2.45) is 0 Å². The summed E-state index contributed by atoms with van der Waals surface area (Å²) < 4.78 is 10.3. The molecule has 0 aliphatic carbocycles. The number of amides is 1. The number of oxazole rings is 1. The minimum atomic E-state index is -0.0782. The van der Waals surface area contributed by atoms with E-state index in [0.717, 1.165) is 19.4 Å². The fourth-order valence-corrected chi connectivity index (χ4v) is 2.70. The lowest BCUT2D eigenvalue weighted by Gasteiger charge is -2.30. The maximum absolute atomic E-state index is 12.6. The van der Waals surface area contributed by atoms with Gasteiger partial charge in [-0.3, -0.25) is 4.79 Å². The monoisotopic (exact) mass is 290 g/mol. The first-order valence-corrected chi connectivity index (χ1v) is 7.21. The van der Waals surface area contributed by atoms with Crippen LogP contribution in [0.3, 0.4) is 0 Å². The Kier molecular flexibility index (Phi) is 3.72. The predicted octanol–water partition coefficient (Wildman–Crippen LogP) is 1.95. The molecule has 1 aliphatic rings. The third kappa shape index (κ3) is 2.68. The largest absolute Gasteiger partial charge is 0.448 e. The highest BCUT2D eigenvalue weighted by molar-refractivity contribution is 5.93. The molecule has 0 radical (unpaired) electrons. The first kappa shape index (κ1) is 13.8. The van der Waals surface area contributed by atoms with Gasteiger partial charge in [0.1, 0.15) is 5.76 Å². The number of hydrogen-bond acceptors (Lipinski definition) is 6. The molecule has 2 aromatic heterocycles. The van der Waals surface area contributed by atoms with Gasteiger partial charge in [0.05, 0.1) is 0 Å². The highest BCUT2D eigenvalue weighted by Crippen LogP contribution is 2.26. The smallest absolute Gasteiger partial charge is 0.276 e. The van der Waals surface area contributed by atoms with Crippen molar-refractivity contribution in [3.8, 4) is 0 Å². The van der Waals surface area contributed by atoms with Crippen LogP contribution in [0.25, 0.3) is 0 Å². The molecule has 0 saturated carbocycles. The zero-order valence-electron chi connectivity index (χ0n) is 12.2. The highest BCUT2D eigenvalue weighted by atomic mass is 16.5. The fraction of sp³-hybridized carbons (Fsp3) is 0.571. The van der Waals surface area contributed by atoms with Crippen LogP contribution in [0.2, 0.25) is 0 Å². The number of likely N-dealkylation sites (tertiary alicyclic amines) is 1. The Morgan fingerprint density at radius 2 is 2.38 bits per heavy atom. The second kappa shape index (κ2) is 5.67. The Hall–Kier alpha value is -2.18. The fourth-order valence-electron chi connectivity index (χ4n) is 2.70. The minimum absolute atomic E-state index is 0.0782. The van der Waals surface area contributed by atoms with Crippen molar-refractivity contribution in [1.29, 1.82) is 0 Å². The first-order chi connectivity index (χ1) is 10.2. The summed E-state index contributed by atoms with van der Waals surface area (Å²) in [7, 11) is 0. The molecule has 0 aromatic carbocycles. The average Bonchev–Trinajstić information content (AvgIpc) is 3.15. The van der Waals surface area contributed by atoms with Gasteiger partial charge in [-0.05, 0) is 12.8 Å². The van der Waals surface area contributed by atoms with Gasteiger partial charge in [0, 0.05) is 32.4 Å². The van der Waals surface area contributed by atoms with Gasteiger partial charge >= 0.3 is 0 Å². The molecular formula is C14H18N4O3. The molecule has 7 heteroatoms. The molecule has 3 heterocycles. The van der Waals surface area contributed by atoms with Gasteiger partial charge in [0.2, 0.25) is 5.89 Å². The molecule has 1 aliphatic heterocycles. The number of rotatable bonds is 3. The van der Waals surface area contributed by atoms with Crippen LogP contribution in [0.5, 0.6) is 0 Å². The molecular weight excluding hydrogens is 272 g/mol. The minimum Gasteiger partial charge on any atom is -0.448 e. The molecule has 0 bridgehead atoms. The van der Waals surface area contributed by atoms with Crippen LogP contribution in [0, 0.1) is 6.92 Å². The van der Waals surface area contributed by atoms with Crippen LogP contribution in [0.1, 0.15) is 53.6 Å². The van der Waals surface area contributed by atoms with Crippen molar-refractivity contribution in [3.05, 3.63) is 29.6 Å². The van der Waals surface area contributed by atoms with Gasteiger partial charge < -0.3 is 13.8 Å². The summed E-state index contributed by atoms with van der Waals surface area (Å²) in [5.74, 6) is 1.92. The quantitative estimate of drug-likeness (QED) is 0.858. The zero-order chi connectivity index (χ0) is 14.8. The summed E-state index contributed by atoms with van der Waals surface area (Å²) in [4.78, 5) is 22.7. The van der Waals surface area contributed by atoms with Crippen LogP contribution < -0.4 is 0 Å². The summed E-state index contributed by atoms with van der Waals surface area (Å²) >= 11 is 0. The standard InChI is InChI=1S/C14H18N4O3/c1-3-11-12(15-8-20-11)14(19)18-6-4-5-10(7-18)13-16-9(2)21-17-13/h8,10H,3-7H2,1-2H3/t10-/m0/s1. The van der Waals surface area contributed by atoms with Crippen molar-refractivity contribution < 1.29 is 13.7 Å². The Morgan fingerprint density at radius 3 is 3.10 bits per heavy atom. The van der Waals surface area contributed by atoms with Gasteiger partial charge in [-0.15, -0.1) is 0 Å². The number of hydrogen-bond donors (Lipinski definition) is 0. The van der Waals surface area contributed by atoms with E-state index in [0.29, 0.717) is 36.1 Å². The summed E-state index contributed by atoms with van der Waals surface area (Å²) in [6, 6.07) is 0. The Balaban J connectivity index is 1.75. The maximum atomic E-state index is 12.6. The van der Waals surface area contributed by atoms with E-state index >= 15 is 0 Å². The lowest BCUT2D eigenvalue weighted by atomic mass is 9.97. The number of carbonyl (C=O) groups is 1. The van der Waals surface area contributed by atoms with Crippen molar-refractivity contribution >= 4 is 5.91 Å². The Labute approximate surface area is 122 Å². The molecule has 3 rings (SSSR count). The van der Waals surface area contributed by atoms with E-state index in [-0.39, 0.29) is 11.8 Å². The maximum Gasteiger partial charge on any atom is 0.276 e. The number of aryl methyl sites for hydroxylation is 2. The predicted molar refractivity (Wildman–Crippen MR) is 72.8 cm³/mol. The number of piperidine rings is 1. The van der Waals surface area contributed by atoms with Crippen LogP contribution >= 0.6 is 0 Å². The van der Waals surface area contributed by atoms with Gasteiger partial charge in [-0.1, -0.05) is 12.1 Å². The second-order valence-electron chi connectivity index (χ2n) is 5.24. The first-order valence-electron chi connectivity index (χ1n) is 7.21. The van der Waals surface area contributed by atoms with E-state index in [9.17, 15) is 4.79 Å². The normalized spacial score (nSPS) is 19.0. The van der Waals surface area contributed by atoms with Crippen molar-refractivity contribution in [3.63, 3.8) is 0 Å². The molecule has 112 valence electrons. The lowest BCUT2D eigenvalue weighted by Crippen LogP contribution is -2.39. The summed E-state index contributed by atoms with van der Waals surface area (Å²) in [5.41, 5.74) is 0.419. The van der Waals surface area contributed by atoms with Crippen molar-refractivity contribution in [2.45, 2.75) is 39.0 Å². The lowest BCUT2D eigenvalue weighted by molar-refractivity contribution is 0.0696. The SMILES string of the molecule is CCc1ocnc1C(=O)N1CCC[C@H](c2noc(C)n2)C1. The van der Waals surface area contributed by atoms with Gasteiger partial charge in [0.25, 0.3) is 5.91 Å². The topological polar surface area (TPSA) is 85.3 Å². The van der Waals surface area contributed by atoms with Crippen LogP contribution in [0.4, 0.5) is 0 Å². The molecule has 1 amide bonds. The summed E-state index contributed by atoms with van der Waals surface area (Å²) in [6.45, 7) is 5.03. The third-order valence-electron chi connectivity index (χ3n) is 3.78. The summed E-state index contributed by atoms with van der Waals surface area (Å²) in [6.07, 6.45) is 3.87. The van der Waals surface area contributed by atoms with E-state index < -0.39 is 0 Å². The molecule has 0 N–H and O–H groups in total. The van der Waals surface area contributed by atoms with Crippen molar-refractivity contribution in [2.75, 3.05) is 13.1 Å². The Bertz CT molecular complexity index is 634. The average molecular weight is 290 g/mol. The van der Waals surface area contributed by atoms with Gasteiger partial charge in [0.15, 0.2) is 17.9 Å².